The van der Waals surface area contributed by atoms with Crippen LogP contribution in [0.15, 0.2) is 12.3 Å². The lowest BCUT2D eigenvalue weighted by molar-refractivity contribution is 0.233. The molecular formula is C16H27ClN4. The van der Waals surface area contributed by atoms with Crippen LogP contribution in [-0.4, -0.2) is 48.1 Å². The maximum absolute atomic E-state index is 6.29. The zero-order chi connectivity index (χ0) is 15.6. The average Bonchev–Trinajstić information content (AvgIpc) is 2.40. The minimum absolute atomic E-state index is 0.0785. The molecular weight excluding hydrogens is 284 g/mol. The fraction of sp³-hybridized carbons (Fsp3) is 0.688. The predicted octanol–water partition coefficient (Wildman–Crippen LogP) is 2.76. The third kappa shape index (κ3) is 4.56. The summed E-state index contributed by atoms with van der Waals surface area (Å²) in [6.07, 6.45) is 1.78. The summed E-state index contributed by atoms with van der Waals surface area (Å²) >= 11 is 6.29. The fourth-order valence-corrected chi connectivity index (χ4v) is 2.56. The fourth-order valence-electron chi connectivity index (χ4n) is 2.39. The minimum Gasteiger partial charge on any atom is -0.354 e. The molecule has 5 heteroatoms. The molecule has 1 aromatic heterocycles. The van der Waals surface area contributed by atoms with Crippen molar-refractivity contribution in [2.45, 2.75) is 45.8 Å². The number of likely N-dealkylation sites (N-methyl/N-ethyl adjacent to an activating group) is 1. The number of rotatable bonds is 3. The topological polar surface area (TPSA) is 31.4 Å². The van der Waals surface area contributed by atoms with E-state index < -0.39 is 0 Å². The van der Waals surface area contributed by atoms with Crippen molar-refractivity contribution in [3.8, 4) is 0 Å². The van der Waals surface area contributed by atoms with Crippen LogP contribution >= 0.6 is 11.6 Å². The van der Waals surface area contributed by atoms with E-state index in [1.54, 1.807) is 6.20 Å². The number of hydrogen-bond acceptors (Lipinski definition) is 4. The van der Waals surface area contributed by atoms with E-state index in [-0.39, 0.29) is 5.54 Å². The van der Waals surface area contributed by atoms with E-state index in [0.29, 0.717) is 6.04 Å². The maximum atomic E-state index is 6.29. The third-order valence-corrected chi connectivity index (χ3v) is 4.35. The molecule has 0 bridgehead atoms. The second-order valence-corrected chi connectivity index (χ2v) is 7.42. The molecule has 1 atom stereocenters. The van der Waals surface area contributed by atoms with Crippen molar-refractivity contribution >= 4 is 17.4 Å². The molecule has 0 aromatic carbocycles. The van der Waals surface area contributed by atoms with E-state index in [4.69, 9.17) is 11.6 Å². The number of pyridine rings is 1. The van der Waals surface area contributed by atoms with Crippen molar-refractivity contribution in [1.29, 1.82) is 0 Å². The van der Waals surface area contributed by atoms with Gasteiger partial charge < -0.3 is 15.1 Å². The lowest BCUT2D eigenvalue weighted by atomic mass is 10.1. The van der Waals surface area contributed by atoms with Crippen molar-refractivity contribution in [2.24, 2.45) is 0 Å². The quantitative estimate of drug-likeness (QED) is 0.930. The van der Waals surface area contributed by atoms with Gasteiger partial charge in [0.15, 0.2) is 0 Å². The second-order valence-electron chi connectivity index (χ2n) is 7.01. The van der Waals surface area contributed by atoms with E-state index in [0.717, 1.165) is 42.6 Å². The van der Waals surface area contributed by atoms with Crippen molar-refractivity contribution in [3.05, 3.63) is 22.8 Å². The van der Waals surface area contributed by atoms with E-state index in [1.165, 1.54) is 0 Å². The molecule has 0 aliphatic carbocycles. The van der Waals surface area contributed by atoms with Crippen LogP contribution in [0, 0.1) is 0 Å². The van der Waals surface area contributed by atoms with Crippen molar-refractivity contribution in [1.82, 2.24) is 15.2 Å². The zero-order valence-corrected chi connectivity index (χ0v) is 14.5. The van der Waals surface area contributed by atoms with Gasteiger partial charge in [0.1, 0.15) is 5.82 Å². The number of nitrogens with one attached hydrogen (secondary N) is 1. The Morgan fingerprint density at radius 2 is 2.10 bits per heavy atom. The highest BCUT2D eigenvalue weighted by atomic mass is 35.5. The Bertz CT molecular complexity index is 484. The normalized spacial score (nSPS) is 20.9. The molecule has 1 aliphatic heterocycles. The molecule has 1 saturated heterocycles. The van der Waals surface area contributed by atoms with Gasteiger partial charge in [0.25, 0.3) is 0 Å². The van der Waals surface area contributed by atoms with E-state index in [2.05, 4.69) is 60.9 Å². The smallest absolute Gasteiger partial charge is 0.129 e. The number of hydrogen-bond donors (Lipinski definition) is 1. The first-order valence-corrected chi connectivity index (χ1v) is 7.99. The highest BCUT2D eigenvalue weighted by molar-refractivity contribution is 6.31. The molecule has 0 radical (unpaired) electrons. The Morgan fingerprint density at radius 3 is 2.71 bits per heavy atom. The molecule has 0 amide bonds. The van der Waals surface area contributed by atoms with Crippen LogP contribution in [-0.2, 0) is 6.54 Å². The Hall–Kier alpha value is -0.840. The molecule has 2 heterocycles. The van der Waals surface area contributed by atoms with Crippen LogP contribution < -0.4 is 10.2 Å². The van der Waals surface area contributed by atoms with Gasteiger partial charge in [-0.3, -0.25) is 0 Å². The van der Waals surface area contributed by atoms with Crippen LogP contribution in [0.5, 0.6) is 0 Å². The number of aromatic nitrogens is 1. The third-order valence-electron chi connectivity index (χ3n) is 4.01. The Balaban J connectivity index is 2.11. The molecule has 1 unspecified atom stereocenters. The summed E-state index contributed by atoms with van der Waals surface area (Å²) in [5, 5.41) is 4.22. The zero-order valence-electron chi connectivity index (χ0n) is 13.8. The molecule has 4 nitrogen and oxygen atoms in total. The number of nitrogens with zero attached hydrogens (tertiary/aromatic N) is 3. The van der Waals surface area contributed by atoms with Gasteiger partial charge in [-0.2, -0.15) is 0 Å². The first kappa shape index (κ1) is 16.5. The van der Waals surface area contributed by atoms with Gasteiger partial charge in [0, 0.05) is 44.0 Å². The number of anilines is 1. The Kier molecular flexibility index (Phi) is 5.12. The summed E-state index contributed by atoms with van der Waals surface area (Å²) in [6, 6.07) is 2.67. The summed E-state index contributed by atoms with van der Waals surface area (Å²) in [6.45, 7) is 12.6. The summed E-state index contributed by atoms with van der Waals surface area (Å²) in [5.41, 5.74) is 1.19. The average molecular weight is 311 g/mol. The SMILES string of the molecule is CC1CN(c2cc(CNC(C)(C)C)c(Cl)cn2)CCN1C. The summed E-state index contributed by atoms with van der Waals surface area (Å²) in [4.78, 5) is 9.25. The van der Waals surface area contributed by atoms with Crippen LogP contribution in [0.2, 0.25) is 5.02 Å². The Labute approximate surface area is 133 Å². The maximum Gasteiger partial charge on any atom is 0.129 e. The second kappa shape index (κ2) is 6.51. The van der Waals surface area contributed by atoms with Gasteiger partial charge >= 0.3 is 0 Å². The van der Waals surface area contributed by atoms with Crippen molar-refractivity contribution < 1.29 is 0 Å². The molecule has 1 aliphatic rings. The predicted molar refractivity (Wildman–Crippen MR) is 90.1 cm³/mol. The van der Waals surface area contributed by atoms with E-state index >= 15 is 0 Å². The van der Waals surface area contributed by atoms with Gasteiger partial charge in [-0.15, -0.1) is 0 Å². The summed E-state index contributed by atoms with van der Waals surface area (Å²) < 4.78 is 0. The van der Waals surface area contributed by atoms with Crippen LogP contribution in [0.3, 0.4) is 0 Å². The van der Waals surface area contributed by atoms with Crippen LogP contribution in [0.1, 0.15) is 33.3 Å². The molecule has 0 saturated carbocycles. The van der Waals surface area contributed by atoms with Crippen molar-refractivity contribution in [3.63, 3.8) is 0 Å². The monoisotopic (exact) mass is 310 g/mol. The van der Waals surface area contributed by atoms with Crippen molar-refractivity contribution in [2.75, 3.05) is 31.6 Å². The first-order chi connectivity index (χ1) is 9.76. The molecule has 118 valence electrons. The van der Waals surface area contributed by atoms with Crippen LogP contribution in [0.25, 0.3) is 0 Å². The highest BCUT2D eigenvalue weighted by Gasteiger charge is 2.22. The molecule has 0 spiro atoms. The summed E-state index contributed by atoms with van der Waals surface area (Å²) in [5.74, 6) is 1.03. The minimum atomic E-state index is 0.0785. The lowest BCUT2D eigenvalue weighted by Crippen LogP contribution is -2.50. The molecule has 21 heavy (non-hydrogen) atoms. The first-order valence-electron chi connectivity index (χ1n) is 7.61. The molecule has 1 aromatic rings. The van der Waals surface area contributed by atoms with Gasteiger partial charge in [-0.05, 0) is 46.4 Å². The molecule has 1 fully saturated rings. The molecule has 1 N–H and O–H groups in total. The molecule has 2 rings (SSSR count). The Morgan fingerprint density at radius 1 is 1.38 bits per heavy atom. The van der Waals surface area contributed by atoms with Crippen LogP contribution in [0.4, 0.5) is 5.82 Å². The number of piperazine rings is 1. The lowest BCUT2D eigenvalue weighted by Gasteiger charge is -2.38. The highest BCUT2D eigenvalue weighted by Crippen LogP contribution is 2.23. The van der Waals surface area contributed by atoms with Gasteiger partial charge in [-0.1, -0.05) is 11.6 Å². The summed E-state index contributed by atoms with van der Waals surface area (Å²) in [7, 11) is 2.18. The van der Waals surface area contributed by atoms with Gasteiger partial charge in [0.2, 0.25) is 0 Å². The van der Waals surface area contributed by atoms with Gasteiger partial charge in [0.05, 0.1) is 5.02 Å². The standard InChI is InChI=1S/C16H27ClN4/c1-12-11-21(7-6-20(12)5)15-8-13(14(17)10-18-15)9-19-16(2,3)4/h8,10,12,19H,6-7,9,11H2,1-5H3. The largest absolute Gasteiger partial charge is 0.354 e. The van der Waals surface area contributed by atoms with Gasteiger partial charge in [-0.25, -0.2) is 4.98 Å². The number of halogens is 1. The van der Waals surface area contributed by atoms with E-state index in [9.17, 15) is 0 Å². The van der Waals surface area contributed by atoms with E-state index in [1.807, 2.05) is 0 Å².